The Morgan fingerprint density at radius 2 is 2.23 bits per heavy atom. The van der Waals surface area contributed by atoms with E-state index in [4.69, 9.17) is 22.1 Å². The summed E-state index contributed by atoms with van der Waals surface area (Å²) in [4.78, 5) is 4.04. The number of anilines is 1. The Bertz CT molecular complexity index is 315. The van der Waals surface area contributed by atoms with E-state index >= 15 is 0 Å². The lowest BCUT2D eigenvalue weighted by molar-refractivity contribution is 0.120. The number of ether oxygens (including phenoxy) is 1. The highest BCUT2D eigenvalue weighted by molar-refractivity contribution is 6.32. The van der Waals surface area contributed by atoms with E-state index in [1.54, 1.807) is 13.3 Å². The largest absolute Gasteiger partial charge is 0.397 e. The van der Waals surface area contributed by atoms with Crippen molar-refractivity contribution in [2.24, 2.45) is 0 Å². The van der Waals surface area contributed by atoms with Crippen molar-refractivity contribution in [3.05, 3.63) is 22.5 Å². The number of pyridine rings is 1. The number of nitrogens with two attached hydrogens (primary N) is 1. The molecular weight excluding hydrogens is 188 g/mol. The van der Waals surface area contributed by atoms with Gasteiger partial charge in [0.05, 0.1) is 28.7 Å². The number of nitrogens with zero attached hydrogens (tertiary/aromatic N) is 1. The molecule has 1 heterocycles. The number of aryl methyl sites for hydroxylation is 1. The summed E-state index contributed by atoms with van der Waals surface area (Å²) in [6.45, 7) is 3.74. The van der Waals surface area contributed by atoms with Crippen LogP contribution in [0.1, 0.15) is 24.3 Å². The van der Waals surface area contributed by atoms with E-state index < -0.39 is 0 Å². The molecule has 2 N–H and O–H groups in total. The number of nitrogen functional groups attached to an aromatic ring is 1. The Morgan fingerprint density at radius 1 is 1.62 bits per heavy atom. The van der Waals surface area contributed by atoms with E-state index in [0.717, 1.165) is 11.3 Å². The van der Waals surface area contributed by atoms with Crippen molar-refractivity contribution in [1.82, 2.24) is 4.98 Å². The van der Waals surface area contributed by atoms with Gasteiger partial charge in [-0.05, 0) is 13.8 Å². The van der Waals surface area contributed by atoms with Gasteiger partial charge in [0.2, 0.25) is 0 Å². The first-order valence-electron chi connectivity index (χ1n) is 4.01. The summed E-state index contributed by atoms with van der Waals surface area (Å²) in [6, 6.07) is 0. The third kappa shape index (κ3) is 1.92. The van der Waals surface area contributed by atoms with Crippen LogP contribution in [0, 0.1) is 6.92 Å². The quantitative estimate of drug-likeness (QED) is 0.797. The molecule has 1 atom stereocenters. The molecule has 0 spiro atoms. The second-order valence-electron chi connectivity index (χ2n) is 2.90. The van der Waals surface area contributed by atoms with Crippen molar-refractivity contribution in [3.8, 4) is 0 Å². The van der Waals surface area contributed by atoms with E-state index in [-0.39, 0.29) is 6.10 Å². The summed E-state index contributed by atoms with van der Waals surface area (Å²) in [6.07, 6.45) is 1.50. The number of hydrogen-bond acceptors (Lipinski definition) is 3. The number of halogens is 1. The second kappa shape index (κ2) is 3.94. The minimum Gasteiger partial charge on any atom is -0.397 e. The molecule has 0 amide bonds. The third-order valence-corrected chi connectivity index (χ3v) is 2.50. The molecule has 0 bridgehead atoms. The predicted molar refractivity (Wildman–Crippen MR) is 53.8 cm³/mol. The Labute approximate surface area is 82.9 Å². The monoisotopic (exact) mass is 200 g/mol. The van der Waals surface area contributed by atoms with Crippen LogP contribution < -0.4 is 5.73 Å². The van der Waals surface area contributed by atoms with E-state index in [2.05, 4.69) is 4.98 Å². The van der Waals surface area contributed by atoms with E-state index in [0.29, 0.717) is 10.7 Å². The van der Waals surface area contributed by atoms with Crippen LogP contribution in [-0.4, -0.2) is 12.1 Å². The minimum absolute atomic E-state index is 0.103. The number of methoxy groups -OCH3 is 1. The van der Waals surface area contributed by atoms with Gasteiger partial charge in [0, 0.05) is 12.7 Å². The van der Waals surface area contributed by atoms with Crippen molar-refractivity contribution < 1.29 is 4.74 Å². The maximum absolute atomic E-state index is 6.05. The highest BCUT2D eigenvalue weighted by Crippen LogP contribution is 2.31. The SMILES string of the molecule is CO[C@@H](C)c1c(N)cnc(C)c1Cl. The first-order chi connectivity index (χ1) is 6.07. The normalized spacial score (nSPS) is 12.9. The summed E-state index contributed by atoms with van der Waals surface area (Å²) in [7, 11) is 1.62. The summed E-state index contributed by atoms with van der Waals surface area (Å²) in [5.74, 6) is 0. The molecule has 72 valence electrons. The van der Waals surface area contributed by atoms with Crippen molar-refractivity contribution in [2.45, 2.75) is 20.0 Å². The molecule has 1 aromatic rings. The first kappa shape index (κ1) is 10.3. The smallest absolute Gasteiger partial charge is 0.0828 e. The molecule has 13 heavy (non-hydrogen) atoms. The van der Waals surface area contributed by atoms with Crippen LogP contribution in [0.5, 0.6) is 0 Å². The lowest BCUT2D eigenvalue weighted by atomic mass is 10.1. The van der Waals surface area contributed by atoms with E-state index in [1.807, 2.05) is 13.8 Å². The molecule has 0 aromatic carbocycles. The third-order valence-electron chi connectivity index (χ3n) is 2.02. The van der Waals surface area contributed by atoms with Gasteiger partial charge in [-0.2, -0.15) is 0 Å². The molecule has 0 radical (unpaired) electrons. The molecule has 3 nitrogen and oxygen atoms in total. The highest BCUT2D eigenvalue weighted by Gasteiger charge is 2.14. The molecule has 0 aliphatic heterocycles. The molecule has 0 aliphatic rings. The van der Waals surface area contributed by atoms with E-state index in [9.17, 15) is 0 Å². The van der Waals surface area contributed by atoms with Crippen molar-refractivity contribution in [2.75, 3.05) is 12.8 Å². The van der Waals surface area contributed by atoms with Crippen molar-refractivity contribution >= 4 is 17.3 Å². The average molecular weight is 201 g/mol. The van der Waals surface area contributed by atoms with Gasteiger partial charge in [0.15, 0.2) is 0 Å². The summed E-state index contributed by atoms with van der Waals surface area (Å²) in [5.41, 5.74) is 7.90. The fraction of sp³-hybridized carbons (Fsp3) is 0.444. The Hall–Kier alpha value is -0.800. The van der Waals surface area contributed by atoms with Crippen molar-refractivity contribution in [1.29, 1.82) is 0 Å². The Kier molecular flexibility index (Phi) is 3.12. The minimum atomic E-state index is -0.103. The second-order valence-corrected chi connectivity index (χ2v) is 3.28. The van der Waals surface area contributed by atoms with Gasteiger partial charge < -0.3 is 10.5 Å². The molecule has 0 fully saturated rings. The fourth-order valence-electron chi connectivity index (χ4n) is 1.15. The van der Waals surface area contributed by atoms with Crippen LogP contribution in [-0.2, 0) is 4.74 Å². The van der Waals surface area contributed by atoms with Gasteiger partial charge in [-0.15, -0.1) is 0 Å². The average Bonchev–Trinajstić information content (AvgIpc) is 2.12. The number of hydrogen-bond donors (Lipinski definition) is 1. The van der Waals surface area contributed by atoms with Crippen LogP contribution >= 0.6 is 11.6 Å². The number of aromatic nitrogens is 1. The topological polar surface area (TPSA) is 48.1 Å². The molecule has 1 rings (SSSR count). The van der Waals surface area contributed by atoms with Crippen LogP contribution in [0.2, 0.25) is 5.02 Å². The fourth-order valence-corrected chi connectivity index (χ4v) is 1.46. The first-order valence-corrected chi connectivity index (χ1v) is 4.39. The van der Waals surface area contributed by atoms with E-state index in [1.165, 1.54) is 0 Å². The van der Waals surface area contributed by atoms with Gasteiger partial charge in [-0.3, -0.25) is 4.98 Å². The standard InChI is InChI=1S/C9H13ClN2O/c1-5-9(10)8(6(2)13-3)7(11)4-12-5/h4,6H,11H2,1-3H3/t6-/m0/s1. The molecule has 0 saturated carbocycles. The maximum atomic E-state index is 6.05. The Morgan fingerprint density at radius 3 is 2.77 bits per heavy atom. The summed E-state index contributed by atoms with van der Waals surface area (Å²) in [5, 5.41) is 0.592. The summed E-state index contributed by atoms with van der Waals surface area (Å²) >= 11 is 6.05. The maximum Gasteiger partial charge on any atom is 0.0828 e. The number of rotatable bonds is 2. The predicted octanol–water partition coefficient (Wildman–Crippen LogP) is 2.33. The highest BCUT2D eigenvalue weighted by atomic mass is 35.5. The lowest BCUT2D eigenvalue weighted by Crippen LogP contribution is -2.04. The molecule has 1 aromatic heterocycles. The Balaban J connectivity index is 3.25. The molecule has 0 saturated heterocycles. The van der Waals surface area contributed by atoms with Gasteiger partial charge >= 0.3 is 0 Å². The molecular formula is C9H13ClN2O. The van der Waals surface area contributed by atoms with Crippen molar-refractivity contribution in [3.63, 3.8) is 0 Å². The zero-order valence-corrected chi connectivity index (χ0v) is 8.72. The van der Waals surface area contributed by atoms with Gasteiger partial charge in [-0.25, -0.2) is 0 Å². The molecule has 0 aliphatic carbocycles. The van der Waals surface area contributed by atoms with Gasteiger partial charge in [0.1, 0.15) is 0 Å². The van der Waals surface area contributed by atoms with Gasteiger partial charge in [-0.1, -0.05) is 11.6 Å². The lowest BCUT2D eigenvalue weighted by Gasteiger charge is -2.15. The van der Waals surface area contributed by atoms with Crippen LogP contribution in [0.4, 0.5) is 5.69 Å². The van der Waals surface area contributed by atoms with Gasteiger partial charge in [0.25, 0.3) is 0 Å². The van der Waals surface area contributed by atoms with Crippen LogP contribution in [0.25, 0.3) is 0 Å². The molecule has 4 heteroatoms. The zero-order valence-electron chi connectivity index (χ0n) is 7.97. The van der Waals surface area contributed by atoms with Crippen LogP contribution in [0.3, 0.4) is 0 Å². The summed E-state index contributed by atoms with van der Waals surface area (Å²) < 4.78 is 5.16. The zero-order chi connectivity index (χ0) is 10.0. The van der Waals surface area contributed by atoms with Crippen LogP contribution in [0.15, 0.2) is 6.20 Å². The molecule has 0 unspecified atom stereocenters.